The van der Waals surface area contributed by atoms with E-state index in [-0.39, 0.29) is 30.8 Å². The maximum atomic E-state index is 11.5. The van der Waals surface area contributed by atoms with Gasteiger partial charge < -0.3 is 19.9 Å². The first-order valence-electron chi connectivity index (χ1n) is 6.74. The van der Waals surface area contributed by atoms with Crippen LogP contribution in [0.2, 0.25) is 0 Å². The number of methoxy groups -OCH3 is 1. The maximum absolute atomic E-state index is 11.5. The Morgan fingerprint density at radius 3 is 2.62 bits per heavy atom. The van der Waals surface area contributed by atoms with E-state index in [4.69, 9.17) is 4.74 Å². The van der Waals surface area contributed by atoms with Crippen LogP contribution in [0.5, 0.6) is 5.75 Å². The van der Waals surface area contributed by atoms with Crippen molar-refractivity contribution in [3.8, 4) is 5.75 Å². The van der Waals surface area contributed by atoms with E-state index in [9.17, 15) is 14.7 Å². The SMILES string of the molecule is COC(=O)CCc1ccc(O)cc1CNC(=O)OC(C)C. The van der Waals surface area contributed by atoms with Crippen LogP contribution in [0.1, 0.15) is 31.4 Å². The van der Waals surface area contributed by atoms with E-state index in [0.29, 0.717) is 6.42 Å². The highest BCUT2D eigenvalue weighted by atomic mass is 16.6. The fourth-order valence-electron chi connectivity index (χ4n) is 1.78. The van der Waals surface area contributed by atoms with Crippen LogP contribution in [0.3, 0.4) is 0 Å². The summed E-state index contributed by atoms with van der Waals surface area (Å²) in [4.78, 5) is 22.7. The summed E-state index contributed by atoms with van der Waals surface area (Å²) >= 11 is 0. The van der Waals surface area contributed by atoms with Gasteiger partial charge in [0.15, 0.2) is 0 Å². The zero-order valence-corrected chi connectivity index (χ0v) is 12.5. The fourth-order valence-corrected chi connectivity index (χ4v) is 1.78. The van der Waals surface area contributed by atoms with Crippen molar-refractivity contribution < 1.29 is 24.2 Å². The van der Waals surface area contributed by atoms with E-state index >= 15 is 0 Å². The predicted molar refractivity (Wildman–Crippen MR) is 76.9 cm³/mol. The number of esters is 1. The monoisotopic (exact) mass is 295 g/mol. The smallest absolute Gasteiger partial charge is 0.407 e. The first-order valence-corrected chi connectivity index (χ1v) is 6.74. The number of alkyl carbamates (subject to hydrolysis) is 1. The van der Waals surface area contributed by atoms with Crippen molar-refractivity contribution in [2.45, 2.75) is 39.3 Å². The average molecular weight is 295 g/mol. The fraction of sp³-hybridized carbons (Fsp3) is 0.467. The molecule has 0 aliphatic carbocycles. The molecule has 6 heteroatoms. The molecule has 0 fully saturated rings. The third-order valence-corrected chi connectivity index (χ3v) is 2.78. The van der Waals surface area contributed by atoms with E-state index < -0.39 is 6.09 Å². The highest BCUT2D eigenvalue weighted by molar-refractivity contribution is 5.69. The molecular weight excluding hydrogens is 274 g/mol. The standard InChI is InChI=1S/C15H21NO5/c1-10(2)21-15(19)16-9-12-8-13(17)6-4-11(12)5-7-14(18)20-3/h4,6,8,10,17H,5,7,9H2,1-3H3,(H,16,19). The number of aryl methyl sites for hydroxylation is 1. The highest BCUT2D eigenvalue weighted by Gasteiger charge is 2.10. The summed E-state index contributed by atoms with van der Waals surface area (Å²) < 4.78 is 9.57. The summed E-state index contributed by atoms with van der Waals surface area (Å²) in [5.41, 5.74) is 1.60. The largest absolute Gasteiger partial charge is 0.508 e. The summed E-state index contributed by atoms with van der Waals surface area (Å²) in [7, 11) is 1.34. The molecule has 1 rings (SSSR count). The van der Waals surface area contributed by atoms with Gasteiger partial charge in [0, 0.05) is 13.0 Å². The van der Waals surface area contributed by atoms with Crippen LogP contribution in [-0.4, -0.2) is 30.4 Å². The van der Waals surface area contributed by atoms with Crippen molar-refractivity contribution in [2.75, 3.05) is 7.11 Å². The van der Waals surface area contributed by atoms with Gasteiger partial charge in [-0.1, -0.05) is 6.07 Å². The minimum Gasteiger partial charge on any atom is -0.508 e. The second kappa shape index (κ2) is 8.14. The lowest BCUT2D eigenvalue weighted by atomic mass is 10.0. The molecule has 0 aromatic heterocycles. The van der Waals surface area contributed by atoms with Crippen LogP contribution < -0.4 is 5.32 Å². The number of nitrogens with one attached hydrogen (secondary N) is 1. The quantitative estimate of drug-likeness (QED) is 0.785. The van der Waals surface area contributed by atoms with Gasteiger partial charge in [-0.25, -0.2) is 4.79 Å². The molecule has 0 heterocycles. The number of phenols is 1. The van der Waals surface area contributed by atoms with E-state index in [0.717, 1.165) is 11.1 Å². The van der Waals surface area contributed by atoms with E-state index in [2.05, 4.69) is 10.1 Å². The van der Waals surface area contributed by atoms with E-state index in [1.807, 2.05) is 0 Å². The number of rotatable bonds is 6. The van der Waals surface area contributed by atoms with Crippen molar-refractivity contribution >= 4 is 12.1 Å². The molecule has 21 heavy (non-hydrogen) atoms. The Morgan fingerprint density at radius 1 is 1.29 bits per heavy atom. The third-order valence-electron chi connectivity index (χ3n) is 2.78. The van der Waals surface area contributed by atoms with Crippen LogP contribution in [0, 0.1) is 0 Å². The molecule has 6 nitrogen and oxygen atoms in total. The average Bonchev–Trinajstić information content (AvgIpc) is 2.42. The first-order chi connectivity index (χ1) is 9.92. The molecule has 116 valence electrons. The summed E-state index contributed by atoms with van der Waals surface area (Å²) in [6.45, 7) is 3.74. The van der Waals surface area contributed by atoms with E-state index in [1.54, 1.807) is 32.0 Å². The molecule has 0 atom stereocenters. The highest BCUT2D eigenvalue weighted by Crippen LogP contribution is 2.18. The van der Waals surface area contributed by atoms with Crippen LogP contribution in [-0.2, 0) is 27.2 Å². The summed E-state index contributed by atoms with van der Waals surface area (Å²) in [5, 5.41) is 12.1. The zero-order chi connectivity index (χ0) is 15.8. The number of hydrogen-bond donors (Lipinski definition) is 2. The Balaban J connectivity index is 2.68. The van der Waals surface area contributed by atoms with E-state index in [1.165, 1.54) is 7.11 Å². The van der Waals surface area contributed by atoms with Gasteiger partial charge >= 0.3 is 12.1 Å². The second-order valence-corrected chi connectivity index (χ2v) is 4.84. The molecule has 0 saturated carbocycles. The predicted octanol–water partition coefficient (Wildman–Crippen LogP) is 2.13. The van der Waals surface area contributed by atoms with Crippen molar-refractivity contribution in [1.29, 1.82) is 0 Å². The lowest BCUT2D eigenvalue weighted by molar-refractivity contribution is -0.140. The van der Waals surface area contributed by atoms with Gasteiger partial charge in [0.1, 0.15) is 5.75 Å². The van der Waals surface area contributed by atoms with Gasteiger partial charge in [-0.2, -0.15) is 0 Å². The molecule has 1 amide bonds. The lowest BCUT2D eigenvalue weighted by Gasteiger charge is -2.12. The lowest BCUT2D eigenvalue weighted by Crippen LogP contribution is -2.26. The number of phenolic OH excluding ortho intramolecular Hbond substituents is 1. The Bertz CT molecular complexity index is 499. The molecule has 0 aliphatic rings. The zero-order valence-electron chi connectivity index (χ0n) is 12.5. The Labute approximate surface area is 124 Å². The number of benzene rings is 1. The van der Waals surface area contributed by atoms with Gasteiger partial charge in [0.25, 0.3) is 0 Å². The number of amides is 1. The van der Waals surface area contributed by atoms with Crippen molar-refractivity contribution in [3.63, 3.8) is 0 Å². The molecular formula is C15H21NO5. The topological polar surface area (TPSA) is 84.9 Å². The van der Waals surface area contributed by atoms with Crippen molar-refractivity contribution in [3.05, 3.63) is 29.3 Å². The molecule has 0 spiro atoms. The van der Waals surface area contributed by atoms with Crippen molar-refractivity contribution in [2.24, 2.45) is 0 Å². The van der Waals surface area contributed by atoms with Crippen LogP contribution in [0.25, 0.3) is 0 Å². The number of ether oxygens (including phenoxy) is 2. The number of hydrogen-bond acceptors (Lipinski definition) is 5. The summed E-state index contributed by atoms with van der Waals surface area (Å²) in [5.74, 6) is -0.202. The van der Waals surface area contributed by atoms with Crippen molar-refractivity contribution in [1.82, 2.24) is 5.32 Å². The normalized spacial score (nSPS) is 10.3. The Morgan fingerprint density at radius 2 is 2.00 bits per heavy atom. The van der Waals surface area contributed by atoms with Crippen LogP contribution in [0.4, 0.5) is 4.79 Å². The number of carbonyl (C=O) groups is 2. The number of aromatic hydroxyl groups is 1. The molecule has 0 unspecified atom stereocenters. The molecule has 0 radical (unpaired) electrons. The van der Waals surface area contributed by atoms with Gasteiger partial charge in [-0.15, -0.1) is 0 Å². The maximum Gasteiger partial charge on any atom is 0.407 e. The molecule has 0 aliphatic heterocycles. The van der Waals surface area contributed by atoms with Gasteiger partial charge in [-0.3, -0.25) is 4.79 Å². The minimum absolute atomic E-state index is 0.103. The second-order valence-electron chi connectivity index (χ2n) is 4.84. The van der Waals surface area contributed by atoms with Crippen LogP contribution in [0.15, 0.2) is 18.2 Å². The molecule has 2 N–H and O–H groups in total. The van der Waals surface area contributed by atoms with Crippen LogP contribution >= 0.6 is 0 Å². The molecule has 0 bridgehead atoms. The first kappa shape index (κ1) is 16.8. The Hall–Kier alpha value is -2.24. The summed E-state index contributed by atoms with van der Waals surface area (Å²) in [6.07, 6.45) is -0.00583. The van der Waals surface area contributed by atoms with Gasteiger partial charge in [-0.05, 0) is 43.5 Å². The summed E-state index contributed by atoms with van der Waals surface area (Å²) in [6, 6.07) is 4.83. The third kappa shape index (κ3) is 6.16. The number of carbonyl (C=O) groups excluding carboxylic acids is 2. The molecule has 1 aromatic rings. The minimum atomic E-state index is -0.521. The van der Waals surface area contributed by atoms with Gasteiger partial charge in [0.2, 0.25) is 0 Å². The Kier molecular flexibility index (Phi) is 6.52. The molecule has 0 saturated heterocycles. The molecule has 1 aromatic carbocycles. The van der Waals surface area contributed by atoms with Gasteiger partial charge in [0.05, 0.1) is 13.2 Å².